The van der Waals surface area contributed by atoms with Crippen LogP contribution in [-0.2, 0) is 22.4 Å². The van der Waals surface area contributed by atoms with Gasteiger partial charge in [-0.15, -0.1) is 0 Å². The lowest BCUT2D eigenvalue weighted by Crippen LogP contribution is -2.48. The summed E-state index contributed by atoms with van der Waals surface area (Å²) < 4.78 is 10.9. The summed E-state index contributed by atoms with van der Waals surface area (Å²) in [7, 11) is 0. The van der Waals surface area contributed by atoms with Crippen LogP contribution in [0.5, 0.6) is 0 Å². The molecule has 0 aliphatic carbocycles. The number of aryl methyl sites for hydroxylation is 1. The fourth-order valence-corrected chi connectivity index (χ4v) is 3.00. The summed E-state index contributed by atoms with van der Waals surface area (Å²) in [6.07, 6.45) is 1.65. The largest absolute Gasteiger partial charge is 0.372 e. The van der Waals surface area contributed by atoms with Gasteiger partial charge in [0.15, 0.2) is 5.82 Å². The highest BCUT2D eigenvalue weighted by Crippen LogP contribution is 2.13. The molecule has 0 spiro atoms. The summed E-state index contributed by atoms with van der Waals surface area (Å²) in [6.45, 7) is 5.27. The summed E-state index contributed by atoms with van der Waals surface area (Å²) in [4.78, 5) is 18.6. The smallest absolute Gasteiger partial charge is 0.227 e. The second kappa shape index (κ2) is 7.57. The normalized spacial score (nSPS) is 21.0. The van der Waals surface area contributed by atoms with Crippen molar-refractivity contribution in [2.75, 3.05) is 13.1 Å². The minimum atomic E-state index is 0.0820. The number of nitrogens with zero attached hydrogens (tertiary/aromatic N) is 3. The first-order valence-electron chi connectivity index (χ1n) is 8.39. The van der Waals surface area contributed by atoms with E-state index in [2.05, 4.69) is 10.1 Å². The fraction of sp³-hybridized carbons (Fsp3) is 0.500. The molecule has 1 saturated heterocycles. The van der Waals surface area contributed by atoms with Gasteiger partial charge in [-0.2, -0.15) is 4.98 Å². The van der Waals surface area contributed by atoms with E-state index in [1.807, 2.05) is 49.1 Å². The highest BCUT2D eigenvalue weighted by Gasteiger charge is 2.25. The monoisotopic (exact) mass is 329 g/mol. The van der Waals surface area contributed by atoms with Crippen LogP contribution in [-0.4, -0.2) is 46.2 Å². The van der Waals surface area contributed by atoms with E-state index in [1.54, 1.807) is 0 Å². The number of carbonyl (C=O) groups is 1. The summed E-state index contributed by atoms with van der Waals surface area (Å²) in [5.41, 5.74) is 1.14. The molecular weight excluding hydrogens is 306 g/mol. The Labute approximate surface area is 141 Å². The zero-order chi connectivity index (χ0) is 16.9. The zero-order valence-electron chi connectivity index (χ0n) is 14.1. The van der Waals surface area contributed by atoms with Crippen molar-refractivity contribution in [1.82, 2.24) is 15.0 Å². The maximum atomic E-state index is 12.3. The number of amides is 1. The minimum absolute atomic E-state index is 0.0820. The third kappa shape index (κ3) is 4.41. The molecule has 6 heteroatoms. The molecule has 0 unspecified atom stereocenters. The summed E-state index contributed by atoms with van der Waals surface area (Å²) in [5.74, 6) is 1.28. The molecule has 2 atom stereocenters. The van der Waals surface area contributed by atoms with Gasteiger partial charge in [-0.1, -0.05) is 35.5 Å². The van der Waals surface area contributed by atoms with E-state index in [0.717, 1.165) is 5.56 Å². The Hall–Kier alpha value is -2.21. The second-order valence-electron chi connectivity index (χ2n) is 6.32. The highest BCUT2D eigenvalue weighted by atomic mass is 16.5. The van der Waals surface area contributed by atoms with Crippen molar-refractivity contribution in [2.45, 2.75) is 45.3 Å². The third-order valence-electron chi connectivity index (χ3n) is 4.04. The molecule has 6 nitrogen and oxygen atoms in total. The molecule has 3 rings (SSSR count). The van der Waals surface area contributed by atoms with Crippen LogP contribution in [0.15, 0.2) is 34.9 Å². The second-order valence-corrected chi connectivity index (χ2v) is 6.32. The van der Waals surface area contributed by atoms with Gasteiger partial charge in [-0.05, 0) is 19.4 Å². The number of aromatic nitrogens is 2. The summed E-state index contributed by atoms with van der Waals surface area (Å²) >= 11 is 0. The third-order valence-corrected chi connectivity index (χ3v) is 4.04. The maximum Gasteiger partial charge on any atom is 0.227 e. The van der Waals surface area contributed by atoms with Crippen LogP contribution in [0, 0.1) is 0 Å². The van der Waals surface area contributed by atoms with Crippen LogP contribution < -0.4 is 0 Å². The molecule has 0 bridgehead atoms. The molecular formula is C18H23N3O3. The van der Waals surface area contributed by atoms with E-state index in [4.69, 9.17) is 9.26 Å². The number of hydrogen-bond acceptors (Lipinski definition) is 5. The lowest BCUT2D eigenvalue weighted by molar-refractivity contribution is -0.143. The molecule has 2 aromatic rings. The number of ether oxygens (including phenoxy) is 1. The number of benzene rings is 1. The Balaban J connectivity index is 1.51. The molecule has 1 amide bonds. The van der Waals surface area contributed by atoms with Crippen molar-refractivity contribution in [1.29, 1.82) is 0 Å². The molecule has 0 N–H and O–H groups in total. The summed E-state index contributed by atoms with van der Waals surface area (Å²) in [5, 5.41) is 4.00. The van der Waals surface area contributed by atoms with Gasteiger partial charge in [0.25, 0.3) is 0 Å². The molecule has 2 heterocycles. The van der Waals surface area contributed by atoms with E-state index in [1.165, 1.54) is 0 Å². The van der Waals surface area contributed by atoms with Crippen LogP contribution in [0.25, 0.3) is 0 Å². The van der Waals surface area contributed by atoms with Crippen molar-refractivity contribution in [3.63, 3.8) is 0 Å². The van der Waals surface area contributed by atoms with Crippen LogP contribution >= 0.6 is 0 Å². The van der Waals surface area contributed by atoms with Crippen molar-refractivity contribution in [2.24, 2.45) is 0 Å². The Morgan fingerprint density at radius 2 is 1.92 bits per heavy atom. The Kier molecular flexibility index (Phi) is 5.25. The van der Waals surface area contributed by atoms with Gasteiger partial charge < -0.3 is 14.2 Å². The van der Waals surface area contributed by atoms with E-state index in [-0.39, 0.29) is 18.1 Å². The van der Waals surface area contributed by atoms with Gasteiger partial charge >= 0.3 is 0 Å². The molecule has 1 aromatic heterocycles. The van der Waals surface area contributed by atoms with Crippen molar-refractivity contribution < 1.29 is 14.1 Å². The first-order chi connectivity index (χ1) is 11.6. The Morgan fingerprint density at radius 3 is 2.62 bits per heavy atom. The Morgan fingerprint density at radius 1 is 1.21 bits per heavy atom. The lowest BCUT2D eigenvalue weighted by atomic mass is 10.1. The predicted molar refractivity (Wildman–Crippen MR) is 88.5 cm³/mol. The fourth-order valence-electron chi connectivity index (χ4n) is 3.00. The number of carbonyl (C=O) groups excluding carboxylic acids is 1. The molecule has 1 aliphatic heterocycles. The van der Waals surface area contributed by atoms with Crippen molar-refractivity contribution in [3.05, 3.63) is 47.6 Å². The van der Waals surface area contributed by atoms with Gasteiger partial charge in [0, 0.05) is 32.4 Å². The molecule has 128 valence electrons. The maximum absolute atomic E-state index is 12.3. The Bertz CT molecular complexity index is 661. The van der Waals surface area contributed by atoms with Gasteiger partial charge in [-0.3, -0.25) is 4.79 Å². The van der Waals surface area contributed by atoms with Crippen LogP contribution in [0.1, 0.15) is 37.5 Å². The topological polar surface area (TPSA) is 68.5 Å². The molecule has 24 heavy (non-hydrogen) atoms. The standard InChI is InChI=1S/C18H23N3O3/c1-13-11-21(12-14(2)23-13)18(22)9-8-17-19-16(20-24-17)10-15-6-4-3-5-7-15/h3-7,13-14H,8-12H2,1-2H3/t13-,14+. The predicted octanol–water partition coefficient (Wildman–Crippen LogP) is 2.23. The van der Waals surface area contributed by atoms with E-state index in [9.17, 15) is 4.79 Å². The first-order valence-corrected chi connectivity index (χ1v) is 8.39. The van der Waals surface area contributed by atoms with E-state index in [0.29, 0.717) is 44.1 Å². The van der Waals surface area contributed by atoms with Crippen LogP contribution in [0.4, 0.5) is 0 Å². The van der Waals surface area contributed by atoms with E-state index < -0.39 is 0 Å². The molecule has 1 aromatic carbocycles. The van der Waals surface area contributed by atoms with Crippen LogP contribution in [0.3, 0.4) is 0 Å². The SMILES string of the molecule is C[C@@H]1CN(C(=O)CCc2nc(Cc3ccccc3)no2)C[C@H](C)O1. The lowest BCUT2D eigenvalue weighted by Gasteiger charge is -2.35. The number of hydrogen-bond donors (Lipinski definition) is 0. The molecule has 1 fully saturated rings. The van der Waals surface area contributed by atoms with Gasteiger partial charge in [0.1, 0.15) is 0 Å². The first kappa shape index (κ1) is 16.6. The van der Waals surface area contributed by atoms with Gasteiger partial charge in [-0.25, -0.2) is 0 Å². The zero-order valence-corrected chi connectivity index (χ0v) is 14.1. The van der Waals surface area contributed by atoms with E-state index >= 15 is 0 Å². The average molecular weight is 329 g/mol. The highest BCUT2D eigenvalue weighted by molar-refractivity contribution is 5.76. The summed E-state index contributed by atoms with van der Waals surface area (Å²) in [6, 6.07) is 10.0. The van der Waals surface area contributed by atoms with Crippen molar-refractivity contribution in [3.8, 4) is 0 Å². The van der Waals surface area contributed by atoms with Crippen LogP contribution in [0.2, 0.25) is 0 Å². The minimum Gasteiger partial charge on any atom is -0.372 e. The average Bonchev–Trinajstić information content (AvgIpc) is 3.00. The number of rotatable bonds is 5. The quantitative estimate of drug-likeness (QED) is 0.841. The van der Waals surface area contributed by atoms with Crippen molar-refractivity contribution >= 4 is 5.91 Å². The van der Waals surface area contributed by atoms with Gasteiger partial charge in [0.05, 0.1) is 12.2 Å². The molecule has 0 radical (unpaired) electrons. The van der Waals surface area contributed by atoms with Gasteiger partial charge in [0.2, 0.25) is 11.8 Å². The molecule has 1 aliphatic rings. The molecule has 0 saturated carbocycles. The number of morpholine rings is 1.